The van der Waals surface area contributed by atoms with Crippen LogP contribution in [0.25, 0.3) is 0 Å². The third-order valence-electron chi connectivity index (χ3n) is 6.57. The molecular weight excluding hydrogens is 398 g/mol. The Balaban J connectivity index is 1.40. The lowest BCUT2D eigenvalue weighted by molar-refractivity contribution is 0.117. The molecule has 0 bridgehead atoms. The number of aliphatic hydroxyl groups excluding tert-OH is 1. The van der Waals surface area contributed by atoms with Crippen LogP contribution < -0.4 is 14.8 Å². The number of benzene rings is 3. The monoisotopic (exact) mass is 431 g/mol. The molecule has 3 aromatic rings. The van der Waals surface area contributed by atoms with Crippen molar-refractivity contribution in [3.05, 3.63) is 95.1 Å². The SMILES string of the molecule is COc1ccc(OC)c2c1C[C@H](NCCCC(c1ccccc1)c1ccccc1)[C@@H](O)C2. The molecule has 0 saturated heterocycles. The van der Waals surface area contributed by atoms with Gasteiger partial charge in [0, 0.05) is 29.5 Å². The van der Waals surface area contributed by atoms with Crippen LogP contribution in [0.5, 0.6) is 11.5 Å². The molecule has 0 spiro atoms. The second-order valence-corrected chi connectivity index (χ2v) is 8.48. The zero-order chi connectivity index (χ0) is 22.3. The first-order valence-corrected chi connectivity index (χ1v) is 11.4. The summed E-state index contributed by atoms with van der Waals surface area (Å²) in [4.78, 5) is 0. The molecule has 4 heteroatoms. The molecule has 0 aliphatic heterocycles. The standard InChI is InChI=1S/C28H33NO3/c1-31-27-15-16-28(32-2)24-19-26(30)25(18-23(24)27)29-17-9-14-22(20-10-5-3-6-11-20)21-12-7-4-8-13-21/h3-8,10-13,15-16,22,25-26,29-30H,9,14,17-19H2,1-2H3/t25-,26-/m0/s1. The molecule has 1 aliphatic rings. The minimum Gasteiger partial charge on any atom is -0.496 e. The van der Waals surface area contributed by atoms with Crippen molar-refractivity contribution in [3.63, 3.8) is 0 Å². The Morgan fingerprint density at radius 3 is 1.88 bits per heavy atom. The number of fused-ring (bicyclic) bond motifs is 1. The molecule has 4 rings (SSSR count). The Bertz CT molecular complexity index is 951. The second-order valence-electron chi connectivity index (χ2n) is 8.48. The van der Waals surface area contributed by atoms with E-state index in [1.807, 2.05) is 12.1 Å². The van der Waals surface area contributed by atoms with Crippen molar-refractivity contribution >= 4 is 0 Å². The fourth-order valence-corrected chi connectivity index (χ4v) is 4.89. The first-order valence-electron chi connectivity index (χ1n) is 11.4. The van der Waals surface area contributed by atoms with E-state index in [2.05, 4.69) is 66.0 Å². The summed E-state index contributed by atoms with van der Waals surface area (Å²) in [6, 6.07) is 25.3. The Labute approximate surface area is 191 Å². The smallest absolute Gasteiger partial charge is 0.122 e. The van der Waals surface area contributed by atoms with Gasteiger partial charge in [-0.1, -0.05) is 60.7 Å². The van der Waals surface area contributed by atoms with Crippen molar-refractivity contribution < 1.29 is 14.6 Å². The third kappa shape index (κ3) is 4.98. The summed E-state index contributed by atoms with van der Waals surface area (Å²) in [7, 11) is 3.37. The van der Waals surface area contributed by atoms with Gasteiger partial charge in [-0.3, -0.25) is 0 Å². The molecule has 32 heavy (non-hydrogen) atoms. The number of aliphatic hydroxyl groups is 1. The maximum absolute atomic E-state index is 10.8. The molecule has 0 heterocycles. The number of hydrogen-bond acceptors (Lipinski definition) is 4. The Morgan fingerprint density at radius 2 is 1.34 bits per heavy atom. The van der Waals surface area contributed by atoms with Gasteiger partial charge in [-0.25, -0.2) is 0 Å². The summed E-state index contributed by atoms with van der Waals surface area (Å²) in [6.45, 7) is 0.861. The maximum Gasteiger partial charge on any atom is 0.122 e. The highest BCUT2D eigenvalue weighted by Crippen LogP contribution is 2.36. The highest BCUT2D eigenvalue weighted by atomic mass is 16.5. The summed E-state index contributed by atoms with van der Waals surface area (Å²) >= 11 is 0. The average Bonchev–Trinajstić information content (AvgIpc) is 2.84. The molecule has 0 unspecified atom stereocenters. The Morgan fingerprint density at radius 1 is 0.812 bits per heavy atom. The molecule has 0 aromatic heterocycles. The first kappa shape index (κ1) is 22.4. The molecule has 2 N–H and O–H groups in total. The quantitative estimate of drug-likeness (QED) is 0.481. The largest absolute Gasteiger partial charge is 0.496 e. The highest BCUT2D eigenvalue weighted by Gasteiger charge is 2.30. The van der Waals surface area contributed by atoms with Crippen LogP contribution in [-0.4, -0.2) is 38.0 Å². The second kappa shape index (κ2) is 10.7. The van der Waals surface area contributed by atoms with E-state index in [0.29, 0.717) is 12.3 Å². The Kier molecular flexibility index (Phi) is 7.46. The number of ether oxygens (including phenoxy) is 2. The van der Waals surface area contributed by atoms with Crippen LogP contribution in [0, 0.1) is 0 Å². The molecule has 0 amide bonds. The van der Waals surface area contributed by atoms with Gasteiger partial charge in [-0.2, -0.15) is 0 Å². The van der Waals surface area contributed by atoms with Crippen molar-refractivity contribution in [1.29, 1.82) is 0 Å². The number of nitrogens with one attached hydrogen (secondary N) is 1. The van der Waals surface area contributed by atoms with E-state index < -0.39 is 6.10 Å². The summed E-state index contributed by atoms with van der Waals surface area (Å²) in [5.41, 5.74) is 4.90. The van der Waals surface area contributed by atoms with Gasteiger partial charge in [0.15, 0.2) is 0 Å². The van der Waals surface area contributed by atoms with Gasteiger partial charge in [0.2, 0.25) is 0 Å². The van der Waals surface area contributed by atoms with Gasteiger partial charge in [0.25, 0.3) is 0 Å². The van der Waals surface area contributed by atoms with Crippen LogP contribution in [0.3, 0.4) is 0 Å². The van der Waals surface area contributed by atoms with E-state index in [-0.39, 0.29) is 6.04 Å². The fraction of sp³-hybridized carbons (Fsp3) is 0.357. The van der Waals surface area contributed by atoms with Crippen LogP contribution in [0.2, 0.25) is 0 Å². The van der Waals surface area contributed by atoms with Crippen LogP contribution in [0.1, 0.15) is 41.0 Å². The maximum atomic E-state index is 10.8. The summed E-state index contributed by atoms with van der Waals surface area (Å²) in [5.74, 6) is 2.07. The number of methoxy groups -OCH3 is 2. The lowest BCUT2D eigenvalue weighted by Crippen LogP contribution is -2.46. The molecule has 0 radical (unpaired) electrons. The van der Waals surface area contributed by atoms with Gasteiger partial charge in [-0.15, -0.1) is 0 Å². The van der Waals surface area contributed by atoms with Gasteiger partial charge >= 0.3 is 0 Å². The van der Waals surface area contributed by atoms with E-state index >= 15 is 0 Å². The van der Waals surface area contributed by atoms with Gasteiger partial charge in [-0.05, 0) is 49.1 Å². The molecule has 0 fully saturated rings. The van der Waals surface area contributed by atoms with Crippen LogP contribution >= 0.6 is 0 Å². The lowest BCUT2D eigenvalue weighted by atomic mass is 9.84. The van der Waals surface area contributed by atoms with E-state index in [9.17, 15) is 5.11 Å². The van der Waals surface area contributed by atoms with E-state index in [1.54, 1.807) is 14.2 Å². The molecule has 4 nitrogen and oxygen atoms in total. The zero-order valence-corrected chi connectivity index (χ0v) is 19.0. The van der Waals surface area contributed by atoms with E-state index in [0.717, 1.165) is 48.4 Å². The summed E-state index contributed by atoms with van der Waals surface area (Å²) in [6.07, 6.45) is 2.95. The van der Waals surface area contributed by atoms with Crippen molar-refractivity contribution in [2.45, 2.75) is 43.7 Å². The van der Waals surface area contributed by atoms with Gasteiger partial charge in [0.05, 0.1) is 20.3 Å². The normalized spacial score (nSPS) is 17.8. The minimum atomic E-state index is -0.442. The van der Waals surface area contributed by atoms with Crippen molar-refractivity contribution in [3.8, 4) is 11.5 Å². The molecule has 2 atom stereocenters. The van der Waals surface area contributed by atoms with Crippen molar-refractivity contribution in [1.82, 2.24) is 5.32 Å². The predicted molar refractivity (Wildman–Crippen MR) is 129 cm³/mol. The molecule has 1 aliphatic carbocycles. The lowest BCUT2D eigenvalue weighted by Gasteiger charge is -2.32. The first-order chi connectivity index (χ1) is 15.7. The highest BCUT2D eigenvalue weighted by molar-refractivity contribution is 5.51. The zero-order valence-electron chi connectivity index (χ0n) is 19.0. The van der Waals surface area contributed by atoms with E-state index in [1.165, 1.54) is 11.1 Å². The van der Waals surface area contributed by atoms with Crippen molar-refractivity contribution in [2.75, 3.05) is 20.8 Å². The molecule has 3 aromatic carbocycles. The molecule has 0 saturated carbocycles. The van der Waals surface area contributed by atoms with Crippen molar-refractivity contribution in [2.24, 2.45) is 0 Å². The predicted octanol–water partition coefficient (Wildman–Crippen LogP) is 4.73. The summed E-state index contributed by atoms with van der Waals surface area (Å²) in [5, 5.41) is 14.4. The summed E-state index contributed by atoms with van der Waals surface area (Å²) < 4.78 is 11.1. The fourth-order valence-electron chi connectivity index (χ4n) is 4.89. The van der Waals surface area contributed by atoms with Crippen LogP contribution in [0.15, 0.2) is 72.8 Å². The Hall–Kier alpha value is -2.82. The van der Waals surface area contributed by atoms with E-state index in [4.69, 9.17) is 9.47 Å². The topological polar surface area (TPSA) is 50.7 Å². The third-order valence-corrected chi connectivity index (χ3v) is 6.57. The van der Waals surface area contributed by atoms with Gasteiger partial charge in [0.1, 0.15) is 11.5 Å². The van der Waals surface area contributed by atoms with Gasteiger partial charge < -0.3 is 19.9 Å². The number of rotatable bonds is 9. The van der Waals surface area contributed by atoms with Crippen LogP contribution in [0.4, 0.5) is 0 Å². The number of hydrogen-bond donors (Lipinski definition) is 2. The molecule has 168 valence electrons. The average molecular weight is 432 g/mol. The van der Waals surface area contributed by atoms with Crippen LogP contribution in [-0.2, 0) is 12.8 Å². The molecular formula is C28H33NO3. The minimum absolute atomic E-state index is 0.00964.